The van der Waals surface area contributed by atoms with Crippen LogP contribution in [0, 0.1) is 5.92 Å². The molecule has 2 N–H and O–H groups in total. The van der Waals surface area contributed by atoms with Crippen molar-refractivity contribution in [2.24, 2.45) is 5.92 Å². The lowest BCUT2D eigenvalue weighted by Gasteiger charge is -2.29. The molecule has 1 fully saturated rings. The first kappa shape index (κ1) is 14.1. The number of rotatable bonds is 3. The highest BCUT2D eigenvalue weighted by atomic mass is 16.2. The smallest absolute Gasteiger partial charge is 0.227 e. The molecule has 0 aliphatic carbocycles. The van der Waals surface area contributed by atoms with E-state index in [1.165, 1.54) is 0 Å². The predicted octanol–water partition coefficient (Wildman–Crippen LogP) is 1.01. The fourth-order valence-corrected chi connectivity index (χ4v) is 3.02. The lowest BCUT2D eigenvalue weighted by molar-refractivity contribution is -0.132. The molecule has 0 radical (unpaired) electrons. The van der Waals surface area contributed by atoms with Gasteiger partial charge in [-0.15, -0.1) is 0 Å². The van der Waals surface area contributed by atoms with Crippen molar-refractivity contribution in [1.29, 1.82) is 0 Å². The van der Waals surface area contributed by atoms with Crippen molar-refractivity contribution in [1.82, 2.24) is 10.2 Å². The number of para-hydroxylation sites is 1. The minimum Gasteiger partial charge on any atom is -0.340 e. The zero-order valence-electron chi connectivity index (χ0n) is 12.1. The molecule has 5 nitrogen and oxygen atoms in total. The first-order valence-corrected chi connectivity index (χ1v) is 7.61. The molecule has 1 atom stereocenters. The number of nitrogens with one attached hydrogen (secondary N) is 2. The Bertz CT molecular complexity index is 538. The molecule has 2 amide bonds. The molecule has 0 saturated carbocycles. The quantitative estimate of drug-likeness (QED) is 0.872. The van der Waals surface area contributed by atoms with Crippen molar-refractivity contribution in [2.75, 3.05) is 31.5 Å². The van der Waals surface area contributed by atoms with Crippen LogP contribution < -0.4 is 10.6 Å². The van der Waals surface area contributed by atoms with Crippen LogP contribution in [0.4, 0.5) is 5.69 Å². The normalized spacial score (nSPS) is 21.6. The van der Waals surface area contributed by atoms with Crippen molar-refractivity contribution < 1.29 is 9.59 Å². The fourth-order valence-electron chi connectivity index (χ4n) is 3.02. The molecule has 3 rings (SSSR count). The van der Waals surface area contributed by atoms with Gasteiger partial charge < -0.3 is 15.5 Å². The Morgan fingerprint density at radius 1 is 1.24 bits per heavy atom. The van der Waals surface area contributed by atoms with Gasteiger partial charge in [0.2, 0.25) is 11.8 Å². The van der Waals surface area contributed by atoms with Crippen LogP contribution in [0.2, 0.25) is 0 Å². The van der Waals surface area contributed by atoms with E-state index in [0.29, 0.717) is 12.8 Å². The van der Waals surface area contributed by atoms with E-state index in [9.17, 15) is 9.59 Å². The van der Waals surface area contributed by atoms with Crippen molar-refractivity contribution in [3.05, 3.63) is 29.8 Å². The van der Waals surface area contributed by atoms with Gasteiger partial charge in [0.25, 0.3) is 0 Å². The number of hydrogen-bond donors (Lipinski definition) is 2. The minimum absolute atomic E-state index is 0.0433. The summed E-state index contributed by atoms with van der Waals surface area (Å²) in [5, 5.41) is 6.17. The van der Waals surface area contributed by atoms with E-state index in [2.05, 4.69) is 10.6 Å². The van der Waals surface area contributed by atoms with Crippen molar-refractivity contribution >= 4 is 17.5 Å². The molecule has 1 saturated heterocycles. The molecule has 112 valence electrons. The maximum atomic E-state index is 12.2. The Labute approximate surface area is 124 Å². The van der Waals surface area contributed by atoms with Gasteiger partial charge >= 0.3 is 0 Å². The number of hydrogen-bond acceptors (Lipinski definition) is 3. The number of piperazine rings is 1. The highest BCUT2D eigenvalue weighted by Gasteiger charge is 2.27. The molecule has 0 aromatic heterocycles. The van der Waals surface area contributed by atoms with Gasteiger partial charge in [0.15, 0.2) is 0 Å². The van der Waals surface area contributed by atoms with Crippen LogP contribution in [0.1, 0.15) is 18.4 Å². The molecule has 21 heavy (non-hydrogen) atoms. The topological polar surface area (TPSA) is 61.4 Å². The summed E-state index contributed by atoms with van der Waals surface area (Å²) in [6.07, 6.45) is 1.82. The van der Waals surface area contributed by atoms with Crippen molar-refractivity contribution in [3.63, 3.8) is 0 Å². The summed E-state index contributed by atoms with van der Waals surface area (Å²) in [5.41, 5.74) is 2.07. The van der Waals surface area contributed by atoms with E-state index < -0.39 is 0 Å². The monoisotopic (exact) mass is 287 g/mol. The molecule has 1 aromatic carbocycles. The summed E-state index contributed by atoms with van der Waals surface area (Å²) in [5.74, 6) is 0.122. The standard InChI is InChI=1S/C16H21N3O2/c20-15(19-9-7-17-8-10-19)6-5-13-11-12-3-1-2-4-14(12)18-16(13)21/h1-4,13,17H,5-11H2,(H,18,21). The SMILES string of the molecule is O=C1Nc2ccccc2CC1CCC(=O)N1CCNCC1. The van der Waals surface area contributed by atoms with E-state index >= 15 is 0 Å². The van der Waals surface area contributed by atoms with E-state index in [1.54, 1.807) is 0 Å². The Balaban J connectivity index is 1.56. The average Bonchev–Trinajstić information content (AvgIpc) is 2.53. The third kappa shape index (κ3) is 3.24. The Kier molecular flexibility index (Phi) is 4.20. The van der Waals surface area contributed by atoms with Crippen LogP contribution in [0.25, 0.3) is 0 Å². The van der Waals surface area contributed by atoms with Crippen LogP contribution >= 0.6 is 0 Å². The lowest BCUT2D eigenvalue weighted by Crippen LogP contribution is -2.46. The summed E-state index contributed by atoms with van der Waals surface area (Å²) in [4.78, 5) is 26.2. The van der Waals surface area contributed by atoms with E-state index in [0.717, 1.165) is 43.9 Å². The number of carbonyl (C=O) groups is 2. The van der Waals surface area contributed by atoms with Crippen molar-refractivity contribution in [2.45, 2.75) is 19.3 Å². The molecule has 2 aliphatic heterocycles. The zero-order chi connectivity index (χ0) is 14.7. The molecular weight excluding hydrogens is 266 g/mol. The molecule has 0 spiro atoms. The third-order valence-electron chi connectivity index (χ3n) is 4.29. The Hall–Kier alpha value is -1.88. The number of nitrogens with zero attached hydrogens (tertiary/aromatic N) is 1. The van der Waals surface area contributed by atoms with E-state index in [-0.39, 0.29) is 17.7 Å². The van der Waals surface area contributed by atoms with Crippen LogP contribution in [0.5, 0.6) is 0 Å². The van der Waals surface area contributed by atoms with Gasteiger partial charge in [-0.05, 0) is 24.5 Å². The maximum absolute atomic E-state index is 12.2. The highest BCUT2D eigenvalue weighted by molar-refractivity contribution is 5.96. The van der Waals surface area contributed by atoms with Gasteiger partial charge in [0.1, 0.15) is 0 Å². The van der Waals surface area contributed by atoms with Gasteiger partial charge in [-0.2, -0.15) is 0 Å². The van der Waals surface area contributed by atoms with Crippen molar-refractivity contribution in [3.8, 4) is 0 Å². The lowest BCUT2D eigenvalue weighted by atomic mass is 9.89. The molecule has 1 aromatic rings. The van der Waals surface area contributed by atoms with Gasteiger partial charge in [0, 0.05) is 44.2 Å². The Morgan fingerprint density at radius 2 is 2.00 bits per heavy atom. The molecular formula is C16H21N3O2. The number of carbonyl (C=O) groups excluding carboxylic acids is 2. The number of amides is 2. The van der Waals surface area contributed by atoms with E-state index in [1.807, 2.05) is 29.2 Å². The van der Waals surface area contributed by atoms with Crippen LogP contribution in [0.15, 0.2) is 24.3 Å². The Morgan fingerprint density at radius 3 is 2.81 bits per heavy atom. The molecule has 2 heterocycles. The van der Waals surface area contributed by atoms with Gasteiger partial charge in [-0.25, -0.2) is 0 Å². The molecule has 5 heteroatoms. The molecule has 2 aliphatic rings. The first-order chi connectivity index (χ1) is 10.2. The number of fused-ring (bicyclic) bond motifs is 1. The van der Waals surface area contributed by atoms with Gasteiger partial charge in [-0.1, -0.05) is 18.2 Å². The van der Waals surface area contributed by atoms with Crippen LogP contribution in [-0.2, 0) is 16.0 Å². The largest absolute Gasteiger partial charge is 0.340 e. The zero-order valence-corrected chi connectivity index (χ0v) is 12.1. The number of anilines is 1. The molecule has 1 unspecified atom stereocenters. The third-order valence-corrected chi connectivity index (χ3v) is 4.29. The van der Waals surface area contributed by atoms with Crippen LogP contribution in [-0.4, -0.2) is 42.9 Å². The summed E-state index contributed by atoms with van der Waals surface area (Å²) in [6.45, 7) is 3.28. The number of benzene rings is 1. The minimum atomic E-state index is -0.0910. The average molecular weight is 287 g/mol. The van der Waals surface area contributed by atoms with Crippen LogP contribution in [0.3, 0.4) is 0 Å². The second-order valence-corrected chi connectivity index (χ2v) is 5.72. The second kappa shape index (κ2) is 6.26. The summed E-state index contributed by atoms with van der Waals surface area (Å²) in [7, 11) is 0. The first-order valence-electron chi connectivity index (χ1n) is 7.61. The second-order valence-electron chi connectivity index (χ2n) is 5.72. The summed E-state index contributed by atoms with van der Waals surface area (Å²) in [6, 6.07) is 7.88. The van der Waals surface area contributed by atoms with Gasteiger partial charge in [0.05, 0.1) is 0 Å². The molecule has 0 bridgehead atoms. The summed E-state index contributed by atoms with van der Waals surface area (Å²) < 4.78 is 0. The fraction of sp³-hybridized carbons (Fsp3) is 0.500. The maximum Gasteiger partial charge on any atom is 0.227 e. The predicted molar refractivity (Wildman–Crippen MR) is 80.9 cm³/mol. The van der Waals surface area contributed by atoms with E-state index in [4.69, 9.17) is 0 Å². The highest BCUT2D eigenvalue weighted by Crippen LogP contribution is 2.27. The summed E-state index contributed by atoms with van der Waals surface area (Å²) >= 11 is 0. The van der Waals surface area contributed by atoms with Gasteiger partial charge in [-0.3, -0.25) is 9.59 Å².